The second-order valence-corrected chi connectivity index (χ2v) is 4.34. The van der Waals surface area contributed by atoms with E-state index >= 15 is 0 Å². The summed E-state index contributed by atoms with van der Waals surface area (Å²) in [5.41, 5.74) is 1.15. The van der Waals surface area contributed by atoms with Crippen molar-refractivity contribution in [2.45, 2.75) is 25.4 Å². The van der Waals surface area contributed by atoms with Gasteiger partial charge in [-0.15, -0.1) is 0 Å². The largest absolute Gasteiger partial charge is 0.351 e. The molecule has 0 unspecified atom stereocenters. The molecule has 1 fully saturated rings. The summed E-state index contributed by atoms with van der Waals surface area (Å²) < 4.78 is 0. The van der Waals surface area contributed by atoms with E-state index in [1.165, 1.54) is 0 Å². The third kappa shape index (κ3) is 2.61. The molecule has 1 aliphatic heterocycles. The zero-order valence-electron chi connectivity index (χ0n) is 9.65. The molecule has 86 valence electrons. The predicted octanol–water partition coefficient (Wildman–Crippen LogP) is 1.40. The average Bonchev–Trinajstić information content (AvgIpc) is 2.74. The molecule has 1 atom stereocenters. The van der Waals surface area contributed by atoms with E-state index in [-0.39, 0.29) is 11.9 Å². The maximum absolute atomic E-state index is 11.9. The number of nitrogens with zero attached hydrogens (tertiary/aromatic N) is 1. The van der Waals surface area contributed by atoms with E-state index in [9.17, 15) is 4.79 Å². The van der Waals surface area contributed by atoms with Crippen LogP contribution in [-0.4, -0.2) is 30.4 Å². The topological polar surface area (TPSA) is 32.3 Å². The molecule has 1 N–H and O–H groups in total. The molecule has 0 radical (unpaired) electrons. The minimum Gasteiger partial charge on any atom is -0.351 e. The van der Waals surface area contributed by atoms with Crippen LogP contribution in [0.4, 0.5) is 0 Å². The van der Waals surface area contributed by atoms with Crippen molar-refractivity contribution in [3.8, 4) is 0 Å². The van der Waals surface area contributed by atoms with Gasteiger partial charge in [0.1, 0.15) is 0 Å². The zero-order valence-corrected chi connectivity index (χ0v) is 9.65. The van der Waals surface area contributed by atoms with Crippen LogP contribution in [0.3, 0.4) is 0 Å². The summed E-state index contributed by atoms with van der Waals surface area (Å²) in [6.45, 7) is 1.66. The highest BCUT2D eigenvalue weighted by molar-refractivity contribution is 5.81. The van der Waals surface area contributed by atoms with E-state index in [0.29, 0.717) is 6.54 Å². The Hall–Kier alpha value is -1.35. The monoisotopic (exact) mass is 218 g/mol. The Morgan fingerprint density at radius 1 is 1.44 bits per heavy atom. The quantitative estimate of drug-likeness (QED) is 0.831. The van der Waals surface area contributed by atoms with Gasteiger partial charge in [-0.05, 0) is 32.0 Å². The standard InChI is InChI=1S/C13H18N2O/c1-15-9-5-8-12(15)13(16)14-10-11-6-3-2-4-7-11/h2-4,6-7,12H,5,8-10H2,1H3,(H,14,16)/t12-/m1/s1. The third-order valence-corrected chi connectivity index (χ3v) is 3.13. The lowest BCUT2D eigenvalue weighted by Gasteiger charge is -2.18. The Morgan fingerprint density at radius 2 is 2.19 bits per heavy atom. The van der Waals surface area contributed by atoms with Crippen LogP contribution in [0.2, 0.25) is 0 Å². The van der Waals surface area contributed by atoms with Gasteiger partial charge >= 0.3 is 0 Å². The summed E-state index contributed by atoms with van der Waals surface area (Å²) >= 11 is 0. The summed E-state index contributed by atoms with van der Waals surface area (Å²) in [5.74, 6) is 0.156. The van der Waals surface area contributed by atoms with Crippen LogP contribution in [0.25, 0.3) is 0 Å². The molecular formula is C13H18N2O. The van der Waals surface area contributed by atoms with Crippen LogP contribution in [0.1, 0.15) is 18.4 Å². The van der Waals surface area contributed by atoms with Crippen molar-refractivity contribution < 1.29 is 4.79 Å². The maximum atomic E-state index is 11.9. The number of carbonyl (C=O) groups is 1. The summed E-state index contributed by atoms with van der Waals surface area (Å²) in [6, 6.07) is 10.1. The number of rotatable bonds is 3. The first-order valence-electron chi connectivity index (χ1n) is 5.79. The zero-order chi connectivity index (χ0) is 11.4. The van der Waals surface area contributed by atoms with Gasteiger partial charge in [0.25, 0.3) is 0 Å². The second kappa shape index (κ2) is 5.12. The normalized spacial score (nSPS) is 20.9. The first-order chi connectivity index (χ1) is 7.77. The van der Waals surface area contributed by atoms with Gasteiger partial charge in [-0.1, -0.05) is 30.3 Å². The van der Waals surface area contributed by atoms with E-state index in [4.69, 9.17) is 0 Å². The molecule has 3 nitrogen and oxygen atoms in total. The van der Waals surface area contributed by atoms with E-state index < -0.39 is 0 Å². The van der Waals surface area contributed by atoms with E-state index in [0.717, 1.165) is 24.9 Å². The first kappa shape index (κ1) is 11.1. The smallest absolute Gasteiger partial charge is 0.237 e. The molecule has 0 bridgehead atoms. The van der Waals surface area contributed by atoms with E-state index in [1.807, 2.05) is 37.4 Å². The predicted molar refractivity (Wildman–Crippen MR) is 63.9 cm³/mol. The molecule has 0 aromatic heterocycles. The van der Waals surface area contributed by atoms with Crippen molar-refractivity contribution in [1.29, 1.82) is 0 Å². The molecule has 0 saturated carbocycles. The van der Waals surface area contributed by atoms with Gasteiger partial charge in [0.05, 0.1) is 6.04 Å². The summed E-state index contributed by atoms with van der Waals surface area (Å²) in [5, 5.41) is 2.99. The molecule has 0 spiro atoms. The summed E-state index contributed by atoms with van der Waals surface area (Å²) in [6.07, 6.45) is 2.11. The van der Waals surface area contributed by atoms with Crippen LogP contribution in [0.5, 0.6) is 0 Å². The lowest BCUT2D eigenvalue weighted by atomic mass is 10.2. The van der Waals surface area contributed by atoms with Crippen molar-refractivity contribution >= 4 is 5.91 Å². The number of nitrogens with one attached hydrogen (secondary N) is 1. The lowest BCUT2D eigenvalue weighted by Crippen LogP contribution is -2.41. The highest BCUT2D eigenvalue weighted by atomic mass is 16.2. The van der Waals surface area contributed by atoms with Crippen molar-refractivity contribution in [1.82, 2.24) is 10.2 Å². The average molecular weight is 218 g/mol. The molecule has 1 heterocycles. The Balaban J connectivity index is 1.84. The Morgan fingerprint density at radius 3 is 2.81 bits per heavy atom. The molecule has 16 heavy (non-hydrogen) atoms. The number of carbonyl (C=O) groups excluding carboxylic acids is 1. The SMILES string of the molecule is CN1CCC[C@@H]1C(=O)NCc1ccccc1. The molecule has 1 aliphatic rings. The van der Waals surface area contributed by atoms with Gasteiger partial charge in [0.2, 0.25) is 5.91 Å². The molecular weight excluding hydrogens is 200 g/mol. The molecule has 1 aromatic rings. The molecule has 1 aromatic carbocycles. The van der Waals surface area contributed by atoms with Gasteiger partial charge in [-0.25, -0.2) is 0 Å². The molecule has 1 amide bonds. The molecule has 0 aliphatic carbocycles. The number of likely N-dealkylation sites (tertiary alicyclic amines) is 1. The van der Waals surface area contributed by atoms with E-state index in [2.05, 4.69) is 10.2 Å². The second-order valence-electron chi connectivity index (χ2n) is 4.34. The lowest BCUT2D eigenvalue weighted by molar-refractivity contribution is -0.125. The number of likely N-dealkylation sites (N-methyl/N-ethyl adjacent to an activating group) is 1. The number of benzene rings is 1. The van der Waals surface area contributed by atoms with Gasteiger partial charge < -0.3 is 5.32 Å². The van der Waals surface area contributed by atoms with Crippen molar-refractivity contribution in [3.63, 3.8) is 0 Å². The van der Waals surface area contributed by atoms with E-state index in [1.54, 1.807) is 0 Å². The fourth-order valence-corrected chi connectivity index (χ4v) is 2.14. The Labute approximate surface area is 96.5 Å². The molecule has 1 saturated heterocycles. The minimum absolute atomic E-state index is 0.0729. The third-order valence-electron chi connectivity index (χ3n) is 3.13. The van der Waals surface area contributed by atoms with Crippen LogP contribution in [0.15, 0.2) is 30.3 Å². The highest BCUT2D eigenvalue weighted by Crippen LogP contribution is 2.14. The van der Waals surface area contributed by atoms with Gasteiger partial charge in [0.15, 0.2) is 0 Å². The maximum Gasteiger partial charge on any atom is 0.237 e. The van der Waals surface area contributed by atoms with Crippen molar-refractivity contribution in [2.24, 2.45) is 0 Å². The Kier molecular flexibility index (Phi) is 3.57. The number of amides is 1. The van der Waals surface area contributed by atoms with Crippen LogP contribution < -0.4 is 5.32 Å². The van der Waals surface area contributed by atoms with Crippen LogP contribution in [-0.2, 0) is 11.3 Å². The Bertz CT molecular complexity index is 350. The summed E-state index contributed by atoms with van der Waals surface area (Å²) in [4.78, 5) is 14.0. The number of hydrogen-bond acceptors (Lipinski definition) is 2. The highest BCUT2D eigenvalue weighted by Gasteiger charge is 2.27. The van der Waals surface area contributed by atoms with Crippen molar-refractivity contribution in [2.75, 3.05) is 13.6 Å². The minimum atomic E-state index is 0.0729. The fraction of sp³-hybridized carbons (Fsp3) is 0.462. The van der Waals surface area contributed by atoms with Crippen LogP contribution in [0, 0.1) is 0 Å². The molecule has 2 rings (SSSR count). The molecule has 3 heteroatoms. The van der Waals surface area contributed by atoms with Gasteiger partial charge in [-0.2, -0.15) is 0 Å². The van der Waals surface area contributed by atoms with Gasteiger partial charge in [0, 0.05) is 6.54 Å². The number of hydrogen-bond donors (Lipinski definition) is 1. The fourth-order valence-electron chi connectivity index (χ4n) is 2.14. The van der Waals surface area contributed by atoms with Gasteiger partial charge in [-0.3, -0.25) is 9.69 Å². The first-order valence-corrected chi connectivity index (χ1v) is 5.79. The summed E-state index contributed by atoms with van der Waals surface area (Å²) in [7, 11) is 2.01. The van der Waals surface area contributed by atoms with Crippen LogP contribution >= 0.6 is 0 Å². The van der Waals surface area contributed by atoms with Crippen molar-refractivity contribution in [3.05, 3.63) is 35.9 Å².